The number of thiophene rings is 1. The fraction of sp³-hybridized carbons (Fsp3) is 0.214. The van der Waals surface area contributed by atoms with Gasteiger partial charge in [-0.15, -0.1) is 11.3 Å². The average molecular weight is 570 g/mol. The summed E-state index contributed by atoms with van der Waals surface area (Å²) in [6.07, 6.45) is 7.69. The van der Waals surface area contributed by atoms with Crippen LogP contribution in [0, 0.1) is 5.92 Å². The summed E-state index contributed by atoms with van der Waals surface area (Å²) < 4.78 is 0.717. The molecular formula is C28H24ClN9OS. The van der Waals surface area contributed by atoms with E-state index in [2.05, 4.69) is 35.8 Å². The fourth-order valence-corrected chi connectivity index (χ4v) is 6.20. The number of piperidine rings is 1. The van der Waals surface area contributed by atoms with Crippen LogP contribution >= 0.6 is 22.9 Å². The number of carbonyl (C=O) groups excluding carboxylic acids is 1. The summed E-state index contributed by atoms with van der Waals surface area (Å²) in [4.78, 5) is 35.5. The van der Waals surface area contributed by atoms with Crippen LogP contribution in [-0.2, 0) is 4.79 Å². The number of nitrogens with one attached hydrogen (secondary N) is 4. The summed E-state index contributed by atoms with van der Waals surface area (Å²) in [6, 6.07) is 11.5. The predicted molar refractivity (Wildman–Crippen MR) is 157 cm³/mol. The first kappa shape index (κ1) is 24.8. The SMILES string of the molecule is O=C(CC1CCNCC1)Nc1cncc(-c2ccc3[nH]nc(-c4nc5nccc(-c6ccc(Cl)s6)c5[nH]4)c3n2)c1. The summed E-state index contributed by atoms with van der Waals surface area (Å²) in [5, 5.41) is 13.9. The molecule has 1 amide bonds. The molecule has 7 rings (SSSR count). The maximum atomic E-state index is 12.7. The van der Waals surface area contributed by atoms with E-state index in [1.165, 1.54) is 11.3 Å². The molecule has 0 spiro atoms. The highest BCUT2D eigenvalue weighted by atomic mass is 35.5. The van der Waals surface area contributed by atoms with E-state index in [9.17, 15) is 4.79 Å². The van der Waals surface area contributed by atoms with Crippen molar-refractivity contribution in [3.05, 3.63) is 59.3 Å². The number of H-pyrrole nitrogens is 2. The Labute approximate surface area is 237 Å². The van der Waals surface area contributed by atoms with Gasteiger partial charge in [0.05, 0.1) is 32.9 Å². The minimum absolute atomic E-state index is 0.00839. The summed E-state index contributed by atoms with van der Waals surface area (Å²) in [5.74, 6) is 0.980. The molecule has 0 aromatic carbocycles. The van der Waals surface area contributed by atoms with E-state index < -0.39 is 0 Å². The molecule has 12 heteroatoms. The van der Waals surface area contributed by atoms with E-state index in [-0.39, 0.29) is 5.91 Å². The molecule has 7 heterocycles. The maximum Gasteiger partial charge on any atom is 0.224 e. The van der Waals surface area contributed by atoms with E-state index >= 15 is 0 Å². The maximum absolute atomic E-state index is 12.7. The Morgan fingerprint density at radius 3 is 2.85 bits per heavy atom. The van der Waals surface area contributed by atoms with Crippen LogP contribution in [0.3, 0.4) is 0 Å². The minimum Gasteiger partial charge on any atom is -0.335 e. The number of anilines is 1. The van der Waals surface area contributed by atoms with Crippen molar-refractivity contribution < 1.29 is 4.79 Å². The molecule has 1 saturated heterocycles. The van der Waals surface area contributed by atoms with Crippen LogP contribution in [0.15, 0.2) is 55.0 Å². The number of hydrogen-bond acceptors (Lipinski definition) is 8. The van der Waals surface area contributed by atoms with Crippen molar-refractivity contribution in [3.8, 4) is 33.2 Å². The number of hydrogen-bond donors (Lipinski definition) is 4. The van der Waals surface area contributed by atoms with Gasteiger partial charge in [0.2, 0.25) is 5.91 Å². The molecule has 0 atom stereocenters. The van der Waals surface area contributed by atoms with Crippen LogP contribution < -0.4 is 10.6 Å². The Balaban J connectivity index is 1.19. The Hall–Kier alpha value is -4.19. The van der Waals surface area contributed by atoms with Crippen molar-refractivity contribution in [3.63, 3.8) is 0 Å². The average Bonchev–Trinajstić information content (AvgIpc) is 3.71. The second-order valence-electron chi connectivity index (χ2n) is 9.82. The van der Waals surface area contributed by atoms with Gasteiger partial charge in [0, 0.05) is 34.8 Å². The predicted octanol–water partition coefficient (Wildman–Crippen LogP) is 5.67. The van der Waals surface area contributed by atoms with Gasteiger partial charge in [-0.3, -0.25) is 14.9 Å². The Bertz CT molecular complexity index is 1850. The van der Waals surface area contributed by atoms with Gasteiger partial charge in [0.25, 0.3) is 0 Å². The minimum atomic E-state index is 0.00839. The smallest absolute Gasteiger partial charge is 0.224 e. The van der Waals surface area contributed by atoms with Crippen molar-refractivity contribution >= 4 is 56.7 Å². The number of carbonyl (C=O) groups is 1. The van der Waals surface area contributed by atoms with E-state index in [4.69, 9.17) is 21.6 Å². The lowest BCUT2D eigenvalue weighted by Crippen LogP contribution is -2.30. The molecule has 40 heavy (non-hydrogen) atoms. The van der Waals surface area contributed by atoms with E-state index in [0.717, 1.165) is 57.3 Å². The molecule has 10 nitrogen and oxygen atoms in total. The quantitative estimate of drug-likeness (QED) is 0.203. The van der Waals surface area contributed by atoms with E-state index in [1.54, 1.807) is 18.6 Å². The molecule has 0 bridgehead atoms. The Kier molecular flexibility index (Phi) is 6.46. The van der Waals surface area contributed by atoms with Gasteiger partial charge in [-0.05, 0) is 68.2 Å². The molecule has 0 saturated carbocycles. The normalized spacial score (nSPS) is 14.2. The highest BCUT2D eigenvalue weighted by Gasteiger charge is 2.19. The fourth-order valence-electron chi connectivity index (χ4n) is 5.12. The van der Waals surface area contributed by atoms with Crippen LogP contribution in [0.5, 0.6) is 0 Å². The number of nitrogens with zero attached hydrogens (tertiary/aromatic N) is 5. The monoisotopic (exact) mass is 569 g/mol. The van der Waals surface area contributed by atoms with Crippen LogP contribution in [0.25, 0.3) is 55.4 Å². The van der Waals surface area contributed by atoms with Crippen molar-refractivity contribution in [1.29, 1.82) is 0 Å². The van der Waals surface area contributed by atoms with Gasteiger partial charge in [-0.1, -0.05) is 11.6 Å². The molecule has 6 aromatic rings. The van der Waals surface area contributed by atoms with Gasteiger partial charge in [-0.2, -0.15) is 5.10 Å². The van der Waals surface area contributed by atoms with Gasteiger partial charge >= 0.3 is 0 Å². The number of halogens is 1. The highest BCUT2D eigenvalue weighted by Crippen LogP contribution is 2.35. The number of rotatable bonds is 6. The summed E-state index contributed by atoms with van der Waals surface area (Å²) in [7, 11) is 0. The largest absolute Gasteiger partial charge is 0.335 e. The van der Waals surface area contributed by atoms with Crippen molar-refractivity contribution in [2.75, 3.05) is 18.4 Å². The molecule has 0 unspecified atom stereocenters. The summed E-state index contributed by atoms with van der Waals surface area (Å²) in [6.45, 7) is 1.93. The molecule has 0 aliphatic carbocycles. The number of pyridine rings is 3. The Morgan fingerprint density at radius 2 is 2.00 bits per heavy atom. The molecule has 0 radical (unpaired) electrons. The van der Waals surface area contributed by atoms with Gasteiger partial charge in [0.15, 0.2) is 17.2 Å². The second-order valence-corrected chi connectivity index (χ2v) is 11.5. The third-order valence-electron chi connectivity index (χ3n) is 7.11. The van der Waals surface area contributed by atoms with E-state index in [0.29, 0.717) is 46.4 Å². The molecule has 1 aliphatic rings. The zero-order valence-corrected chi connectivity index (χ0v) is 22.8. The van der Waals surface area contributed by atoms with E-state index in [1.807, 2.05) is 36.4 Å². The first-order chi connectivity index (χ1) is 19.6. The Morgan fingerprint density at radius 1 is 1.10 bits per heavy atom. The first-order valence-corrected chi connectivity index (χ1v) is 14.2. The van der Waals surface area contributed by atoms with Crippen molar-refractivity contribution in [2.24, 2.45) is 5.92 Å². The standard InChI is InChI=1S/C28H24ClN9OS/c29-22-4-3-21(40-22)18-7-10-32-27-24(18)35-28(36-27)26-25-20(37-38-26)2-1-19(34-25)16-12-17(14-31-13-16)33-23(39)11-15-5-8-30-9-6-15/h1-4,7,10,12-15,30H,5-6,8-9,11H2,(H,33,39)(H,37,38)(H,32,35,36). The molecule has 6 aromatic heterocycles. The van der Waals surface area contributed by atoms with Crippen LogP contribution in [-0.4, -0.2) is 54.1 Å². The lowest BCUT2D eigenvalue weighted by atomic mass is 9.94. The lowest BCUT2D eigenvalue weighted by molar-refractivity contribution is -0.117. The third-order valence-corrected chi connectivity index (χ3v) is 8.38. The molecule has 1 aliphatic heterocycles. The molecule has 1 fully saturated rings. The number of aromatic amines is 2. The lowest BCUT2D eigenvalue weighted by Gasteiger charge is -2.21. The van der Waals surface area contributed by atoms with Gasteiger partial charge < -0.3 is 15.6 Å². The topological polar surface area (TPSA) is 137 Å². The number of fused-ring (bicyclic) bond motifs is 2. The van der Waals surface area contributed by atoms with Crippen molar-refractivity contribution in [2.45, 2.75) is 19.3 Å². The number of imidazole rings is 1. The highest BCUT2D eigenvalue weighted by molar-refractivity contribution is 7.19. The second kappa shape index (κ2) is 10.4. The summed E-state index contributed by atoms with van der Waals surface area (Å²) >= 11 is 7.68. The van der Waals surface area contributed by atoms with Gasteiger partial charge in [-0.25, -0.2) is 15.0 Å². The summed E-state index contributed by atoms with van der Waals surface area (Å²) in [5.41, 5.74) is 6.53. The van der Waals surface area contributed by atoms with Gasteiger partial charge in [0.1, 0.15) is 5.52 Å². The first-order valence-electron chi connectivity index (χ1n) is 13.0. The molecule has 4 N–H and O–H groups in total. The van der Waals surface area contributed by atoms with Crippen LogP contribution in [0.1, 0.15) is 19.3 Å². The molecule has 200 valence electrons. The van der Waals surface area contributed by atoms with Crippen LogP contribution in [0.2, 0.25) is 4.34 Å². The van der Waals surface area contributed by atoms with Crippen LogP contribution in [0.4, 0.5) is 5.69 Å². The zero-order chi connectivity index (χ0) is 27.1. The zero-order valence-electron chi connectivity index (χ0n) is 21.2. The third kappa shape index (κ3) is 4.83. The van der Waals surface area contributed by atoms with Crippen molar-refractivity contribution in [1.82, 2.24) is 40.4 Å². The number of aromatic nitrogens is 7. The number of amides is 1. The molecular weight excluding hydrogens is 546 g/mol.